The third-order valence-electron chi connectivity index (χ3n) is 2.89. The maximum atomic E-state index is 11.8. The normalized spacial score (nSPS) is 21.0. The number of rotatable bonds is 6. The van der Waals surface area contributed by atoms with E-state index in [1.807, 2.05) is 0 Å². The molecule has 0 saturated carbocycles. The highest BCUT2D eigenvalue weighted by atomic mass is 16.4. The molecule has 1 amide bonds. The fourth-order valence-corrected chi connectivity index (χ4v) is 1.87. The topological polar surface area (TPSA) is 116 Å². The molecule has 102 valence electrons. The van der Waals surface area contributed by atoms with Crippen molar-refractivity contribution in [1.29, 1.82) is 0 Å². The molecule has 0 aliphatic carbocycles. The lowest BCUT2D eigenvalue weighted by Gasteiger charge is -2.24. The molecule has 4 N–H and O–H groups in total. The van der Waals surface area contributed by atoms with Gasteiger partial charge in [-0.15, -0.1) is 0 Å². The van der Waals surface area contributed by atoms with Crippen molar-refractivity contribution in [2.24, 2.45) is 0 Å². The number of amides is 1. The van der Waals surface area contributed by atoms with Gasteiger partial charge < -0.3 is 20.8 Å². The molecule has 1 rings (SSSR count). The number of piperidine rings is 1. The van der Waals surface area contributed by atoms with Crippen molar-refractivity contribution in [1.82, 2.24) is 10.6 Å². The standard InChI is InChI=1S/C11H18N2O5/c14-9(15)5-4-8(11(17)18)13-10(16)7-3-1-2-6-12-7/h7-8,12H,1-6H2,(H,13,16)(H,14,15)(H,17,18)/t7?,8-/m0/s1. The smallest absolute Gasteiger partial charge is 0.326 e. The molecule has 0 spiro atoms. The Hall–Kier alpha value is -1.63. The van der Waals surface area contributed by atoms with Gasteiger partial charge in [0.2, 0.25) is 5.91 Å². The molecule has 1 aliphatic heterocycles. The minimum Gasteiger partial charge on any atom is -0.481 e. The van der Waals surface area contributed by atoms with Crippen molar-refractivity contribution in [3.05, 3.63) is 0 Å². The zero-order valence-electron chi connectivity index (χ0n) is 10.0. The van der Waals surface area contributed by atoms with Gasteiger partial charge in [-0.1, -0.05) is 6.42 Å². The number of aliphatic carboxylic acids is 2. The summed E-state index contributed by atoms with van der Waals surface area (Å²) in [7, 11) is 0. The molecule has 0 aromatic rings. The molecule has 0 aromatic carbocycles. The number of carbonyl (C=O) groups excluding carboxylic acids is 1. The zero-order valence-corrected chi connectivity index (χ0v) is 10.0. The molecule has 0 radical (unpaired) electrons. The average molecular weight is 258 g/mol. The summed E-state index contributed by atoms with van der Waals surface area (Å²) in [6.07, 6.45) is 2.22. The first-order valence-electron chi connectivity index (χ1n) is 5.99. The van der Waals surface area contributed by atoms with Crippen molar-refractivity contribution < 1.29 is 24.6 Å². The summed E-state index contributed by atoms with van der Waals surface area (Å²) in [5.74, 6) is -2.65. The van der Waals surface area contributed by atoms with Gasteiger partial charge in [0, 0.05) is 6.42 Å². The van der Waals surface area contributed by atoms with Gasteiger partial charge in [0.05, 0.1) is 6.04 Å². The van der Waals surface area contributed by atoms with Crippen molar-refractivity contribution in [3.8, 4) is 0 Å². The van der Waals surface area contributed by atoms with Crippen LogP contribution in [0.15, 0.2) is 0 Å². The number of hydrogen-bond donors (Lipinski definition) is 4. The summed E-state index contributed by atoms with van der Waals surface area (Å²) >= 11 is 0. The molecular weight excluding hydrogens is 240 g/mol. The first kappa shape index (κ1) is 14.4. The second-order valence-electron chi connectivity index (χ2n) is 4.33. The number of hydrogen-bond acceptors (Lipinski definition) is 4. The average Bonchev–Trinajstić information content (AvgIpc) is 2.34. The summed E-state index contributed by atoms with van der Waals surface area (Å²) in [4.78, 5) is 33.1. The van der Waals surface area contributed by atoms with E-state index < -0.39 is 18.0 Å². The van der Waals surface area contributed by atoms with Gasteiger partial charge in [0.25, 0.3) is 0 Å². The third-order valence-corrected chi connectivity index (χ3v) is 2.89. The van der Waals surface area contributed by atoms with Gasteiger partial charge in [-0.25, -0.2) is 4.79 Å². The second kappa shape index (κ2) is 6.95. The van der Waals surface area contributed by atoms with E-state index in [1.54, 1.807) is 0 Å². The van der Waals surface area contributed by atoms with Gasteiger partial charge in [0.15, 0.2) is 0 Å². The third kappa shape index (κ3) is 4.70. The molecule has 0 bridgehead atoms. The van der Waals surface area contributed by atoms with E-state index in [1.165, 1.54) is 0 Å². The summed E-state index contributed by atoms with van der Waals surface area (Å²) in [5, 5.41) is 22.8. The van der Waals surface area contributed by atoms with Crippen LogP contribution in [0.2, 0.25) is 0 Å². The van der Waals surface area contributed by atoms with Crippen LogP contribution < -0.4 is 10.6 Å². The molecule has 7 heteroatoms. The van der Waals surface area contributed by atoms with Crippen LogP contribution >= 0.6 is 0 Å². The SMILES string of the molecule is O=C(O)CC[C@H](NC(=O)C1CCCCN1)C(=O)O. The van der Waals surface area contributed by atoms with E-state index >= 15 is 0 Å². The second-order valence-corrected chi connectivity index (χ2v) is 4.33. The van der Waals surface area contributed by atoms with Crippen LogP contribution in [0, 0.1) is 0 Å². The van der Waals surface area contributed by atoms with E-state index in [2.05, 4.69) is 10.6 Å². The van der Waals surface area contributed by atoms with Crippen LogP contribution in [-0.2, 0) is 14.4 Å². The largest absolute Gasteiger partial charge is 0.481 e. The minimum atomic E-state index is -1.21. The molecule has 1 unspecified atom stereocenters. The minimum absolute atomic E-state index is 0.108. The maximum Gasteiger partial charge on any atom is 0.326 e. The van der Waals surface area contributed by atoms with Gasteiger partial charge in [-0.3, -0.25) is 9.59 Å². The molecular formula is C11H18N2O5. The van der Waals surface area contributed by atoms with E-state index in [0.717, 1.165) is 19.4 Å². The molecule has 1 saturated heterocycles. The van der Waals surface area contributed by atoms with Crippen LogP contribution in [-0.4, -0.2) is 46.7 Å². The summed E-state index contributed by atoms with van der Waals surface area (Å²) in [6.45, 7) is 0.741. The Morgan fingerprint density at radius 2 is 2.00 bits per heavy atom. The maximum absolute atomic E-state index is 11.8. The summed E-state index contributed by atoms with van der Waals surface area (Å²) in [5.41, 5.74) is 0. The first-order chi connectivity index (χ1) is 8.50. The lowest BCUT2D eigenvalue weighted by Crippen LogP contribution is -2.51. The van der Waals surface area contributed by atoms with Crippen LogP contribution in [0.4, 0.5) is 0 Å². The number of carboxylic acids is 2. The summed E-state index contributed by atoms with van der Waals surface area (Å²) < 4.78 is 0. The predicted octanol–water partition coefficient (Wildman–Crippen LogP) is -0.437. The lowest BCUT2D eigenvalue weighted by atomic mass is 10.0. The van der Waals surface area contributed by atoms with Crippen molar-refractivity contribution in [2.45, 2.75) is 44.2 Å². The fourth-order valence-electron chi connectivity index (χ4n) is 1.87. The Balaban J connectivity index is 2.46. The Morgan fingerprint density at radius 1 is 1.28 bits per heavy atom. The molecule has 1 heterocycles. The highest BCUT2D eigenvalue weighted by Gasteiger charge is 2.26. The van der Waals surface area contributed by atoms with Crippen LogP contribution in [0.25, 0.3) is 0 Å². The highest BCUT2D eigenvalue weighted by Crippen LogP contribution is 2.08. The van der Waals surface area contributed by atoms with Crippen LogP contribution in [0.5, 0.6) is 0 Å². The number of nitrogens with one attached hydrogen (secondary N) is 2. The van der Waals surface area contributed by atoms with Crippen molar-refractivity contribution in [2.75, 3.05) is 6.54 Å². The van der Waals surface area contributed by atoms with Crippen molar-refractivity contribution in [3.63, 3.8) is 0 Å². The van der Waals surface area contributed by atoms with E-state index in [9.17, 15) is 14.4 Å². The van der Waals surface area contributed by atoms with Gasteiger partial charge in [-0.05, 0) is 25.8 Å². The highest BCUT2D eigenvalue weighted by molar-refractivity contribution is 5.87. The van der Waals surface area contributed by atoms with Crippen LogP contribution in [0.1, 0.15) is 32.1 Å². The Labute approximate surface area is 105 Å². The molecule has 0 aromatic heterocycles. The zero-order chi connectivity index (χ0) is 13.5. The quantitative estimate of drug-likeness (QED) is 0.513. The fraction of sp³-hybridized carbons (Fsp3) is 0.727. The van der Waals surface area contributed by atoms with Gasteiger partial charge >= 0.3 is 11.9 Å². The molecule has 1 aliphatic rings. The van der Waals surface area contributed by atoms with Crippen molar-refractivity contribution >= 4 is 17.8 Å². The lowest BCUT2D eigenvalue weighted by molar-refractivity contribution is -0.143. The Kier molecular flexibility index (Phi) is 5.57. The number of carbonyl (C=O) groups is 3. The molecule has 18 heavy (non-hydrogen) atoms. The molecule has 7 nitrogen and oxygen atoms in total. The van der Waals surface area contributed by atoms with E-state index in [0.29, 0.717) is 6.42 Å². The number of carboxylic acid groups (broad SMARTS) is 2. The van der Waals surface area contributed by atoms with E-state index in [-0.39, 0.29) is 24.8 Å². The van der Waals surface area contributed by atoms with Gasteiger partial charge in [-0.2, -0.15) is 0 Å². The summed E-state index contributed by atoms with van der Waals surface area (Å²) in [6, 6.07) is -1.51. The molecule has 1 fully saturated rings. The van der Waals surface area contributed by atoms with E-state index in [4.69, 9.17) is 10.2 Å². The predicted molar refractivity (Wildman–Crippen MR) is 62.1 cm³/mol. The monoisotopic (exact) mass is 258 g/mol. The van der Waals surface area contributed by atoms with Gasteiger partial charge in [0.1, 0.15) is 6.04 Å². The first-order valence-corrected chi connectivity index (χ1v) is 5.99. The van der Waals surface area contributed by atoms with Crippen LogP contribution in [0.3, 0.4) is 0 Å². The Bertz CT molecular complexity index is 325. The Morgan fingerprint density at radius 3 is 2.50 bits per heavy atom. The molecule has 2 atom stereocenters.